The van der Waals surface area contributed by atoms with Crippen LogP contribution < -0.4 is 0 Å². The second kappa shape index (κ2) is 6.19. The minimum absolute atomic E-state index is 0.333. The molecule has 4 heteroatoms. The van der Waals surface area contributed by atoms with Crippen molar-refractivity contribution in [1.82, 2.24) is 4.90 Å². The van der Waals surface area contributed by atoms with Gasteiger partial charge in [0.25, 0.3) is 0 Å². The molecular weight excluding hydrogens is 210 g/mol. The van der Waals surface area contributed by atoms with Crippen molar-refractivity contribution >= 4 is 0 Å². The maximum Gasteiger partial charge on any atom is 0.163 e. The van der Waals surface area contributed by atoms with Crippen molar-refractivity contribution in [3.63, 3.8) is 0 Å². The molecule has 86 valence electrons. The van der Waals surface area contributed by atoms with Crippen molar-refractivity contribution in [1.29, 1.82) is 5.26 Å². The molecule has 0 aliphatic carbocycles. The monoisotopic (exact) mass is 224 g/mol. The number of benzene rings is 1. The predicted molar refractivity (Wildman–Crippen MR) is 57.5 cm³/mol. The Bertz CT molecular complexity index is 385. The van der Waals surface area contributed by atoms with Crippen LogP contribution in [0.25, 0.3) is 0 Å². The third-order valence-corrected chi connectivity index (χ3v) is 2.41. The minimum atomic E-state index is -0.825. The summed E-state index contributed by atoms with van der Waals surface area (Å²) in [6.45, 7) is 3.54. The summed E-state index contributed by atoms with van der Waals surface area (Å²) in [5.74, 6) is -1.62. The van der Waals surface area contributed by atoms with Gasteiger partial charge in [0.2, 0.25) is 0 Å². The van der Waals surface area contributed by atoms with Gasteiger partial charge in [-0.15, -0.1) is 0 Å². The first-order valence-corrected chi connectivity index (χ1v) is 5.21. The Labute approximate surface area is 94.1 Å². The predicted octanol–water partition coefficient (Wildman–Crippen LogP) is 2.70. The van der Waals surface area contributed by atoms with Gasteiger partial charge in [-0.1, -0.05) is 19.1 Å². The van der Waals surface area contributed by atoms with Crippen molar-refractivity contribution < 1.29 is 8.78 Å². The molecule has 16 heavy (non-hydrogen) atoms. The lowest BCUT2D eigenvalue weighted by Gasteiger charge is -2.19. The lowest BCUT2D eigenvalue weighted by Crippen LogP contribution is -2.24. The fourth-order valence-electron chi connectivity index (χ4n) is 1.47. The molecule has 0 spiro atoms. The van der Waals surface area contributed by atoms with Gasteiger partial charge < -0.3 is 0 Å². The van der Waals surface area contributed by atoms with E-state index < -0.39 is 11.6 Å². The Morgan fingerprint density at radius 1 is 1.38 bits per heavy atom. The van der Waals surface area contributed by atoms with Crippen LogP contribution in [0.2, 0.25) is 0 Å². The van der Waals surface area contributed by atoms with Crippen molar-refractivity contribution in [2.75, 3.05) is 13.1 Å². The summed E-state index contributed by atoms with van der Waals surface area (Å²) >= 11 is 0. The van der Waals surface area contributed by atoms with Gasteiger partial charge in [0.15, 0.2) is 11.6 Å². The van der Waals surface area contributed by atoms with Crippen molar-refractivity contribution in [3.05, 3.63) is 35.4 Å². The topological polar surface area (TPSA) is 27.0 Å². The Morgan fingerprint density at radius 3 is 2.75 bits per heavy atom. The third-order valence-electron chi connectivity index (χ3n) is 2.41. The average Bonchev–Trinajstić information content (AvgIpc) is 2.30. The SMILES string of the molecule is CCN(CCC#N)Cc1cccc(F)c1F. The lowest BCUT2D eigenvalue weighted by molar-refractivity contribution is 0.281. The van der Waals surface area contributed by atoms with Crippen molar-refractivity contribution in [3.8, 4) is 6.07 Å². The van der Waals surface area contributed by atoms with E-state index in [0.717, 1.165) is 6.07 Å². The van der Waals surface area contributed by atoms with Gasteiger partial charge in [0, 0.05) is 25.1 Å². The molecule has 0 atom stereocenters. The first-order chi connectivity index (χ1) is 7.69. The highest BCUT2D eigenvalue weighted by Crippen LogP contribution is 2.13. The third kappa shape index (κ3) is 3.28. The summed E-state index contributed by atoms with van der Waals surface area (Å²) in [6, 6.07) is 6.19. The highest BCUT2D eigenvalue weighted by molar-refractivity contribution is 5.18. The summed E-state index contributed by atoms with van der Waals surface area (Å²) in [5, 5.41) is 8.46. The van der Waals surface area contributed by atoms with Crippen molar-refractivity contribution in [2.45, 2.75) is 19.9 Å². The molecular formula is C12H14F2N2. The Kier molecular flexibility index (Phi) is 4.87. The zero-order valence-electron chi connectivity index (χ0n) is 9.21. The average molecular weight is 224 g/mol. The van der Waals surface area contributed by atoms with Crippen LogP contribution in [0.15, 0.2) is 18.2 Å². The van der Waals surface area contributed by atoms with E-state index in [2.05, 4.69) is 0 Å². The van der Waals surface area contributed by atoms with Crippen LogP contribution in [0.4, 0.5) is 8.78 Å². The number of rotatable bonds is 5. The molecule has 0 radical (unpaired) electrons. The standard InChI is InChI=1S/C12H14F2N2/c1-2-16(8-4-7-15)9-10-5-3-6-11(13)12(10)14/h3,5-6H,2,4,8-9H2,1H3. The number of nitriles is 1. The summed E-state index contributed by atoms with van der Waals surface area (Å²) in [7, 11) is 0. The smallest absolute Gasteiger partial charge is 0.163 e. The molecule has 0 unspecified atom stereocenters. The summed E-state index contributed by atoms with van der Waals surface area (Å²) < 4.78 is 26.3. The Morgan fingerprint density at radius 2 is 2.12 bits per heavy atom. The van der Waals surface area contributed by atoms with Crippen LogP contribution in [0.5, 0.6) is 0 Å². The Hall–Kier alpha value is -1.47. The molecule has 0 aliphatic heterocycles. The van der Waals surface area contributed by atoms with Crippen LogP contribution >= 0.6 is 0 Å². The van der Waals surface area contributed by atoms with Gasteiger partial charge in [-0.3, -0.25) is 4.90 Å². The molecule has 0 aliphatic rings. The van der Waals surface area contributed by atoms with E-state index in [1.54, 1.807) is 6.07 Å². The molecule has 0 fully saturated rings. The number of nitrogens with zero attached hydrogens (tertiary/aromatic N) is 2. The van der Waals surface area contributed by atoms with Crippen LogP contribution in [0.1, 0.15) is 18.9 Å². The largest absolute Gasteiger partial charge is 0.298 e. The molecule has 0 aromatic heterocycles. The van der Waals surface area contributed by atoms with Crippen LogP contribution in [-0.4, -0.2) is 18.0 Å². The number of hydrogen-bond donors (Lipinski definition) is 0. The molecule has 0 heterocycles. The summed E-state index contributed by atoms with van der Waals surface area (Å²) in [5.41, 5.74) is 0.333. The van der Waals surface area contributed by atoms with E-state index in [4.69, 9.17) is 5.26 Å². The van der Waals surface area contributed by atoms with Crippen LogP contribution in [0.3, 0.4) is 0 Å². The first kappa shape index (κ1) is 12.6. The van der Waals surface area contributed by atoms with E-state index in [1.165, 1.54) is 6.07 Å². The molecule has 0 saturated carbocycles. The van der Waals surface area contributed by atoms with E-state index in [1.807, 2.05) is 17.9 Å². The summed E-state index contributed by atoms with van der Waals surface area (Å²) in [4.78, 5) is 1.90. The van der Waals surface area contributed by atoms with Gasteiger partial charge in [-0.05, 0) is 12.6 Å². The van der Waals surface area contributed by atoms with Crippen molar-refractivity contribution in [2.24, 2.45) is 0 Å². The second-order valence-electron chi connectivity index (χ2n) is 3.49. The molecule has 2 nitrogen and oxygen atoms in total. The fraction of sp³-hybridized carbons (Fsp3) is 0.417. The van der Waals surface area contributed by atoms with Gasteiger partial charge in [0.1, 0.15) is 0 Å². The maximum atomic E-state index is 13.4. The molecule has 1 aromatic rings. The van der Waals surface area contributed by atoms with E-state index in [-0.39, 0.29) is 0 Å². The van der Waals surface area contributed by atoms with Gasteiger partial charge in [-0.25, -0.2) is 8.78 Å². The normalized spacial score (nSPS) is 10.4. The van der Waals surface area contributed by atoms with Gasteiger partial charge >= 0.3 is 0 Å². The van der Waals surface area contributed by atoms with E-state index in [9.17, 15) is 8.78 Å². The Balaban J connectivity index is 2.71. The number of hydrogen-bond acceptors (Lipinski definition) is 2. The molecule has 0 saturated heterocycles. The van der Waals surface area contributed by atoms with Gasteiger partial charge in [0.05, 0.1) is 6.07 Å². The van der Waals surface area contributed by atoms with Crippen LogP contribution in [-0.2, 0) is 6.54 Å². The van der Waals surface area contributed by atoms with E-state index in [0.29, 0.717) is 31.6 Å². The quantitative estimate of drug-likeness (QED) is 0.768. The second-order valence-corrected chi connectivity index (χ2v) is 3.49. The zero-order valence-corrected chi connectivity index (χ0v) is 9.21. The minimum Gasteiger partial charge on any atom is -0.298 e. The molecule has 0 bridgehead atoms. The highest BCUT2D eigenvalue weighted by Gasteiger charge is 2.10. The molecule has 1 aromatic carbocycles. The highest BCUT2D eigenvalue weighted by atomic mass is 19.2. The maximum absolute atomic E-state index is 13.4. The fourth-order valence-corrected chi connectivity index (χ4v) is 1.47. The lowest BCUT2D eigenvalue weighted by atomic mass is 10.2. The zero-order chi connectivity index (χ0) is 12.0. The molecule has 0 N–H and O–H groups in total. The summed E-state index contributed by atoms with van der Waals surface area (Å²) in [6.07, 6.45) is 0.394. The molecule has 0 amide bonds. The van der Waals surface area contributed by atoms with Crippen LogP contribution in [0, 0.1) is 23.0 Å². The first-order valence-electron chi connectivity index (χ1n) is 5.21. The van der Waals surface area contributed by atoms with E-state index >= 15 is 0 Å². The molecule has 1 rings (SSSR count). The van der Waals surface area contributed by atoms with Gasteiger partial charge in [-0.2, -0.15) is 5.26 Å². The number of halogens is 2.